The van der Waals surface area contributed by atoms with E-state index >= 15 is 0 Å². The summed E-state index contributed by atoms with van der Waals surface area (Å²) in [5.74, 6) is -0.298. The molecule has 2 heterocycles. The van der Waals surface area contributed by atoms with Crippen molar-refractivity contribution < 1.29 is 9.59 Å². The van der Waals surface area contributed by atoms with Gasteiger partial charge in [0.2, 0.25) is 5.91 Å². The summed E-state index contributed by atoms with van der Waals surface area (Å²) in [7, 11) is 0. The van der Waals surface area contributed by atoms with E-state index in [9.17, 15) is 9.59 Å². The summed E-state index contributed by atoms with van der Waals surface area (Å²) in [6.45, 7) is 2.19. The van der Waals surface area contributed by atoms with Gasteiger partial charge in [-0.2, -0.15) is 5.10 Å². The summed E-state index contributed by atoms with van der Waals surface area (Å²) < 4.78 is 3.64. The molecule has 2 aromatic carbocycles. The molecule has 0 radical (unpaired) electrons. The van der Waals surface area contributed by atoms with Crippen molar-refractivity contribution in [1.29, 1.82) is 0 Å². The number of anilines is 1. The second kappa shape index (κ2) is 9.74. The summed E-state index contributed by atoms with van der Waals surface area (Å²) >= 11 is 0. The van der Waals surface area contributed by atoms with E-state index in [1.165, 1.54) is 6.92 Å². The molecular formula is C24H24N6O2. The third kappa shape index (κ3) is 5.28. The Kier molecular flexibility index (Phi) is 6.41. The van der Waals surface area contributed by atoms with Crippen LogP contribution in [-0.2, 0) is 11.3 Å². The molecule has 1 unspecified atom stereocenters. The van der Waals surface area contributed by atoms with E-state index in [0.717, 1.165) is 24.2 Å². The second-order valence-corrected chi connectivity index (χ2v) is 7.43. The average Bonchev–Trinajstić information content (AvgIpc) is 3.49. The van der Waals surface area contributed by atoms with Crippen molar-refractivity contribution in [2.45, 2.75) is 25.9 Å². The van der Waals surface area contributed by atoms with Gasteiger partial charge in [0.1, 0.15) is 0 Å². The van der Waals surface area contributed by atoms with Gasteiger partial charge < -0.3 is 15.2 Å². The number of aromatic nitrogens is 4. The van der Waals surface area contributed by atoms with Crippen LogP contribution in [0.15, 0.2) is 85.7 Å². The normalized spacial score (nSPS) is 11.7. The maximum absolute atomic E-state index is 13.0. The highest BCUT2D eigenvalue weighted by atomic mass is 16.2. The number of nitrogens with one attached hydrogen (secondary N) is 2. The maximum Gasteiger partial charge on any atom is 0.251 e. The number of rotatable bonds is 8. The lowest BCUT2D eigenvalue weighted by Gasteiger charge is -2.20. The van der Waals surface area contributed by atoms with Crippen LogP contribution in [0.25, 0.3) is 5.69 Å². The van der Waals surface area contributed by atoms with Crippen molar-refractivity contribution in [2.75, 3.05) is 5.32 Å². The predicted octanol–water partition coefficient (Wildman–Crippen LogP) is 3.59. The van der Waals surface area contributed by atoms with Crippen LogP contribution in [0.3, 0.4) is 0 Å². The fourth-order valence-corrected chi connectivity index (χ4v) is 3.44. The molecule has 2 N–H and O–H groups in total. The van der Waals surface area contributed by atoms with Crippen LogP contribution in [0.5, 0.6) is 0 Å². The Bertz CT molecular complexity index is 1170. The van der Waals surface area contributed by atoms with Crippen molar-refractivity contribution in [2.24, 2.45) is 0 Å². The molecule has 0 aliphatic heterocycles. The summed E-state index contributed by atoms with van der Waals surface area (Å²) in [6.07, 6.45) is 9.47. The molecule has 0 spiro atoms. The number of carbonyl (C=O) groups is 2. The van der Waals surface area contributed by atoms with Gasteiger partial charge in [-0.3, -0.25) is 9.59 Å². The maximum atomic E-state index is 13.0. The molecule has 0 fully saturated rings. The quantitative estimate of drug-likeness (QED) is 0.448. The van der Waals surface area contributed by atoms with Crippen LogP contribution in [0.1, 0.15) is 35.3 Å². The summed E-state index contributed by atoms with van der Waals surface area (Å²) in [5, 5.41) is 10.1. The molecule has 32 heavy (non-hydrogen) atoms. The zero-order valence-corrected chi connectivity index (χ0v) is 17.7. The number of hydrogen-bond donors (Lipinski definition) is 2. The van der Waals surface area contributed by atoms with Gasteiger partial charge in [-0.25, -0.2) is 9.67 Å². The Morgan fingerprint density at radius 3 is 2.53 bits per heavy atom. The van der Waals surface area contributed by atoms with E-state index < -0.39 is 0 Å². The third-order valence-corrected chi connectivity index (χ3v) is 5.04. The highest BCUT2D eigenvalue weighted by molar-refractivity contribution is 5.94. The van der Waals surface area contributed by atoms with Crippen LogP contribution in [0.2, 0.25) is 0 Å². The number of nitrogens with zero attached hydrogens (tertiary/aromatic N) is 4. The average molecular weight is 428 g/mol. The lowest BCUT2D eigenvalue weighted by atomic mass is 10.0. The fraction of sp³-hybridized carbons (Fsp3) is 0.167. The molecule has 0 aliphatic carbocycles. The van der Waals surface area contributed by atoms with E-state index in [0.29, 0.717) is 11.3 Å². The van der Waals surface area contributed by atoms with Gasteiger partial charge >= 0.3 is 0 Å². The Morgan fingerprint density at radius 2 is 1.84 bits per heavy atom. The van der Waals surface area contributed by atoms with Crippen molar-refractivity contribution >= 4 is 17.5 Å². The number of aryl methyl sites for hydroxylation is 1. The van der Waals surface area contributed by atoms with E-state index in [4.69, 9.17) is 0 Å². The van der Waals surface area contributed by atoms with Gasteiger partial charge in [0.25, 0.3) is 5.91 Å². The van der Waals surface area contributed by atoms with Crippen LogP contribution in [-0.4, -0.2) is 31.1 Å². The van der Waals surface area contributed by atoms with E-state index in [1.54, 1.807) is 41.7 Å². The van der Waals surface area contributed by atoms with E-state index in [-0.39, 0.29) is 17.9 Å². The standard InChI is InChI=1S/C24H24N6O2/c1-18(31)27-21-15-26-30(16-21)22-9-7-20(8-10-22)24(32)28-23(19-5-3-2-4-6-19)11-13-29-14-12-25-17-29/h2-10,12,14-17,23H,11,13H2,1H3,(H,27,31)(H,28,32). The topological polar surface area (TPSA) is 93.8 Å². The van der Waals surface area contributed by atoms with Crippen molar-refractivity contribution in [3.8, 4) is 5.69 Å². The van der Waals surface area contributed by atoms with Gasteiger partial charge in [0.05, 0.1) is 36.1 Å². The highest BCUT2D eigenvalue weighted by Gasteiger charge is 2.16. The first-order valence-electron chi connectivity index (χ1n) is 10.3. The molecule has 2 amide bonds. The largest absolute Gasteiger partial charge is 0.345 e. The zero-order chi connectivity index (χ0) is 22.3. The highest BCUT2D eigenvalue weighted by Crippen LogP contribution is 2.19. The Balaban J connectivity index is 1.45. The Labute approximate surface area is 185 Å². The van der Waals surface area contributed by atoms with Gasteiger partial charge in [0, 0.05) is 31.4 Å². The first-order chi connectivity index (χ1) is 15.6. The van der Waals surface area contributed by atoms with Crippen LogP contribution in [0.4, 0.5) is 5.69 Å². The molecule has 4 rings (SSSR count). The van der Waals surface area contributed by atoms with Crippen LogP contribution < -0.4 is 10.6 Å². The number of benzene rings is 2. The molecule has 0 bridgehead atoms. The molecule has 0 saturated heterocycles. The van der Waals surface area contributed by atoms with Crippen molar-refractivity contribution in [3.05, 3.63) is 96.8 Å². The van der Waals surface area contributed by atoms with E-state index in [2.05, 4.69) is 20.7 Å². The van der Waals surface area contributed by atoms with E-state index in [1.807, 2.05) is 53.2 Å². The molecular weight excluding hydrogens is 404 g/mol. The molecule has 0 aliphatic rings. The van der Waals surface area contributed by atoms with Gasteiger partial charge in [-0.05, 0) is 36.2 Å². The predicted molar refractivity (Wildman–Crippen MR) is 121 cm³/mol. The van der Waals surface area contributed by atoms with Gasteiger partial charge in [0.15, 0.2) is 0 Å². The smallest absolute Gasteiger partial charge is 0.251 e. The minimum atomic E-state index is -0.155. The van der Waals surface area contributed by atoms with Crippen LogP contribution in [0, 0.1) is 0 Å². The third-order valence-electron chi connectivity index (χ3n) is 5.04. The Morgan fingerprint density at radius 1 is 1.06 bits per heavy atom. The number of amides is 2. The monoisotopic (exact) mass is 428 g/mol. The SMILES string of the molecule is CC(=O)Nc1cnn(-c2ccc(C(=O)NC(CCn3ccnc3)c3ccccc3)cc2)c1. The summed E-state index contributed by atoms with van der Waals surface area (Å²) in [4.78, 5) is 28.2. The molecule has 8 heteroatoms. The first-order valence-corrected chi connectivity index (χ1v) is 10.3. The Hall–Kier alpha value is -4.20. The number of carbonyl (C=O) groups excluding carboxylic acids is 2. The van der Waals surface area contributed by atoms with Crippen LogP contribution >= 0.6 is 0 Å². The molecule has 8 nitrogen and oxygen atoms in total. The molecule has 1 atom stereocenters. The lowest BCUT2D eigenvalue weighted by Crippen LogP contribution is -2.29. The van der Waals surface area contributed by atoms with Crippen molar-refractivity contribution in [1.82, 2.24) is 24.6 Å². The van der Waals surface area contributed by atoms with Crippen molar-refractivity contribution in [3.63, 3.8) is 0 Å². The molecule has 2 aromatic heterocycles. The molecule has 0 saturated carbocycles. The summed E-state index contributed by atoms with van der Waals surface area (Å²) in [6, 6.07) is 17.0. The number of hydrogen-bond acceptors (Lipinski definition) is 4. The minimum absolute atomic E-state index is 0.128. The van der Waals surface area contributed by atoms with Gasteiger partial charge in [-0.1, -0.05) is 30.3 Å². The zero-order valence-electron chi connectivity index (χ0n) is 17.7. The molecule has 162 valence electrons. The minimum Gasteiger partial charge on any atom is -0.345 e. The second-order valence-electron chi connectivity index (χ2n) is 7.43. The molecule has 4 aromatic rings. The van der Waals surface area contributed by atoms with Gasteiger partial charge in [-0.15, -0.1) is 0 Å². The fourth-order valence-electron chi connectivity index (χ4n) is 3.44. The first kappa shape index (κ1) is 21.0. The number of imidazole rings is 1. The summed E-state index contributed by atoms with van der Waals surface area (Å²) in [5.41, 5.74) is 3.02. The lowest BCUT2D eigenvalue weighted by molar-refractivity contribution is -0.114.